The van der Waals surface area contributed by atoms with E-state index in [0.29, 0.717) is 54.3 Å². The number of rotatable bonds is 12. The number of hydrogen-bond donors (Lipinski definition) is 2. The molecule has 0 radical (unpaired) electrons. The van der Waals surface area contributed by atoms with E-state index >= 15 is 0 Å². The van der Waals surface area contributed by atoms with E-state index in [1.165, 1.54) is 4.31 Å². The van der Waals surface area contributed by atoms with Crippen molar-refractivity contribution in [3.8, 4) is 22.5 Å². The van der Waals surface area contributed by atoms with Crippen molar-refractivity contribution in [3.63, 3.8) is 0 Å². The summed E-state index contributed by atoms with van der Waals surface area (Å²) in [6.07, 6.45) is -0.0101. The van der Waals surface area contributed by atoms with Crippen LogP contribution in [0.15, 0.2) is 95.9 Å². The fourth-order valence-electron chi connectivity index (χ4n) is 4.98. The molecule has 0 saturated heterocycles. The average molecular weight is 625 g/mol. The second-order valence-electron chi connectivity index (χ2n) is 10.1. The van der Waals surface area contributed by atoms with Gasteiger partial charge >= 0.3 is 6.09 Å². The Morgan fingerprint density at radius 1 is 0.800 bits per heavy atom. The molecule has 0 saturated carbocycles. The molecule has 1 amide bonds. The lowest BCUT2D eigenvalue weighted by Gasteiger charge is -2.18. The van der Waals surface area contributed by atoms with Gasteiger partial charge in [0.05, 0.1) is 28.6 Å². The van der Waals surface area contributed by atoms with Gasteiger partial charge in [0.2, 0.25) is 10.0 Å². The van der Waals surface area contributed by atoms with Crippen LogP contribution in [0.25, 0.3) is 33.7 Å². The summed E-state index contributed by atoms with van der Waals surface area (Å²) in [5, 5.41) is 6.13. The molecule has 0 aliphatic rings. The minimum absolute atomic E-state index is 0.220. The lowest BCUT2D eigenvalue weighted by molar-refractivity contribution is 0.168. The molecule has 0 spiro atoms. The van der Waals surface area contributed by atoms with E-state index in [-0.39, 0.29) is 17.3 Å². The Labute approximate surface area is 263 Å². The largest absolute Gasteiger partial charge is 0.450 e. The maximum Gasteiger partial charge on any atom is 0.412 e. The number of benzene rings is 3. The van der Waals surface area contributed by atoms with Gasteiger partial charge in [0.25, 0.3) is 0 Å². The Morgan fingerprint density at radius 2 is 1.40 bits per heavy atom. The lowest BCUT2D eigenvalue weighted by atomic mass is 10.0. The first kappa shape index (κ1) is 31.6. The molecule has 2 heterocycles. The Hall–Kier alpha value is -4.87. The molecule has 0 aliphatic carbocycles. The van der Waals surface area contributed by atoms with Crippen molar-refractivity contribution in [1.29, 1.82) is 0 Å². The minimum Gasteiger partial charge on any atom is -0.450 e. The minimum atomic E-state index is -3.52. The molecule has 2 N–H and O–H groups in total. The molecule has 5 rings (SSSR count). The van der Waals surface area contributed by atoms with Crippen LogP contribution in [0.2, 0.25) is 0 Å². The number of aromatic nitrogens is 3. The van der Waals surface area contributed by atoms with Crippen LogP contribution >= 0.6 is 0 Å². The molecule has 11 heteroatoms. The summed E-state index contributed by atoms with van der Waals surface area (Å²) in [4.78, 5) is 27.2. The van der Waals surface area contributed by atoms with Crippen LogP contribution in [0, 0.1) is 0 Å². The molecule has 3 aromatic carbocycles. The summed E-state index contributed by atoms with van der Waals surface area (Å²) in [5.74, 6) is 0.273. The third-order valence-electron chi connectivity index (χ3n) is 7.24. The van der Waals surface area contributed by atoms with E-state index in [4.69, 9.17) is 14.7 Å². The van der Waals surface area contributed by atoms with Gasteiger partial charge in [-0.05, 0) is 31.0 Å². The molecule has 0 bridgehead atoms. The standard InChI is InChI=1S/C34H36N6O4S/c1-4-40(5-2)45(42,43)27-19-17-24(18-20-27)21-22-35-28-23-29(37-34(41)44-6-3)36-33-32(28)38-30(25-13-9-7-10-14-25)31(39-33)26-15-11-8-12-16-26/h7-20,23H,4-6,21-22H2,1-3H3,(H2,35,36,37,39,41). The molecule has 0 unspecified atom stereocenters. The summed E-state index contributed by atoms with van der Waals surface area (Å²) in [6.45, 7) is 6.94. The second kappa shape index (κ2) is 14.3. The van der Waals surface area contributed by atoms with Crippen LogP contribution in [-0.4, -0.2) is 60.0 Å². The normalized spacial score (nSPS) is 11.5. The number of hydrogen-bond acceptors (Lipinski definition) is 8. The highest BCUT2D eigenvalue weighted by Gasteiger charge is 2.21. The van der Waals surface area contributed by atoms with Gasteiger partial charge in [-0.15, -0.1) is 0 Å². The van der Waals surface area contributed by atoms with Crippen molar-refractivity contribution >= 4 is 38.8 Å². The van der Waals surface area contributed by atoms with E-state index in [2.05, 4.69) is 15.6 Å². The molecule has 0 aliphatic heterocycles. The summed E-state index contributed by atoms with van der Waals surface area (Å²) in [7, 11) is -3.52. The number of sulfonamides is 1. The molecule has 45 heavy (non-hydrogen) atoms. The van der Waals surface area contributed by atoms with Crippen LogP contribution in [0.1, 0.15) is 26.3 Å². The van der Waals surface area contributed by atoms with Gasteiger partial charge in [0.15, 0.2) is 5.65 Å². The second-order valence-corrected chi connectivity index (χ2v) is 12.1. The Kier molecular flexibility index (Phi) is 10.0. The Balaban J connectivity index is 1.49. The van der Waals surface area contributed by atoms with Gasteiger partial charge in [-0.3, -0.25) is 5.32 Å². The molecule has 0 atom stereocenters. The molecular formula is C34H36N6O4S. The molecule has 232 valence electrons. The van der Waals surface area contributed by atoms with Crippen molar-refractivity contribution in [1.82, 2.24) is 19.3 Å². The van der Waals surface area contributed by atoms with Crippen LogP contribution in [0.5, 0.6) is 0 Å². The lowest BCUT2D eigenvalue weighted by Crippen LogP contribution is -2.30. The van der Waals surface area contributed by atoms with Gasteiger partial charge in [-0.25, -0.2) is 28.2 Å². The summed E-state index contributed by atoms with van der Waals surface area (Å²) in [6, 6.07) is 28.3. The highest BCUT2D eigenvalue weighted by molar-refractivity contribution is 7.89. The maximum atomic E-state index is 12.9. The number of anilines is 2. The highest BCUT2D eigenvalue weighted by atomic mass is 32.2. The zero-order valence-corrected chi connectivity index (χ0v) is 26.3. The van der Waals surface area contributed by atoms with Crippen LogP contribution in [-0.2, 0) is 21.2 Å². The number of nitrogens with one attached hydrogen (secondary N) is 2. The first-order chi connectivity index (χ1) is 21.8. The van der Waals surface area contributed by atoms with Crippen molar-refractivity contribution in [2.45, 2.75) is 32.1 Å². The van der Waals surface area contributed by atoms with E-state index in [1.807, 2.05) is 86.6 Å². The SMILES string of the molecule is CCOC(=O)Nc1cc(NCCc2ccc(S(=O)(=O)N(CC)CC)cc2)c2nc(-c3ccccc3)c(-c3ccccc3)nc2n1. The topological polar surface area (TPSA) is 126 Å². The summed E-state index contributed by atoms with van der Waals surface area (Å²) >= 11 is 0. The molecule has 2 aromatic heterocycles. The van der Waals surface area contributed by atoms with Gasteiger partial charge in [0, 0.05) is 36.8 Å². The van der Waals surface area contributed by atoms with Crippen LogP contribution in [0.3, 0.4) is 0 Å². The van der Waals surface area contributed by atoms with Gasteiger partial charge in [-0.2, -0.15) is 4.31 Å². The monoisotopic (exact) mass is 624 g/mol. The summed E-state index contributed by atoms with van der Waals surface area (Å²) in [5.41, 5.74) is 5.67. The first-order valence-corrected chi connectivity index (χ1v) is 16.4. The predicted molar refractivity (Wildman–Crippen MR) is 178 cm³/mol. The Bertz CT molecular complexity index is 1860. The number of nitrogens with zero attached hydrogens (tertiary/aromatic N) is 4. The third-order valence-corrected chi connectivity index (χ3v) is 9.30. The smallest absolute Gasteiger partial charge is 0.412 e. The van der Waals surface area contributed by atoms with Gasteiger partial charge in [-0.1, -0.05) is 86.6 Å². The highest BCUT2D eigenvalue weighted by Crippen LogP contribution is 2.33. The number of ether oxygens (including phenoxy) is 1. The van der Waals surface area contributed by atoms with Crippen LogP contribution < -0.4 is 10.6 Å². The fraction of sp³-hybridized carbons (Fsp3) is 0.235. The zero-order valence-electron chi connectivity index (χ0n) is 25.5. The van der Waals surface area contributed by atoms with E-state index < -0.39 is 16.1 Å². The van der Waals surface area contributed by atoms with Gasteiger partial charge < -0.3 is 10.1 Å². The van der Waals surface area contributed by atoms with E-state index in [0.717, 1.165) is 16.7 Å². The number of carbonyl (C=O) groups excluding carboxylic acids is 1. The predicted octanol–water partition coefficient (Wildman–Crippen LogP) is 6.61. The fourth-order valence-corrected chi connectivity index (χ4v) is 6.44. The molecular weight excluding hydrogens is 588 g/mol. The van der Waals surface area contributed by atoms with Crippen molar-refractivity contribution in [2.24, 2.45) is 0 Å². The third kappa shape index (κ3) is 7.27. The number of pyridine rings is 1. The average Bonchev–Trinajstić information content (AvgIpc) is 3.06. The Morgan fingerprint density at radius 3 is 1.98 bits per heavy atom. The van der Waals surface area contributed by atoms with E-state index in [9.17, 15) is 13.2 Å². The van der Waals surface area contributed by atoms with Crippen molar-refractivity contribution in [3.05, 3.63) is 96.6 Å². The summed E-state index contributed by atoms with van der Waals surface area (Å²) < 4.78 is 32.3. The number of amides is 1. The van der Waals surface area contributed by atoms with Crippen molar-refractivity contribution in [2.75, 3.05) is 36.9 Å². The number of carbonyl (C=O) groups is 1. The van der Waals surface area contributed by atoms with Crippen LogP contribution in [0.4, 0.5) is 16.3 Å². The molecule has 5 aromatic rings. The zero-order chi connectivity index (χ0) is 31.8. The first-order valence-electron chi connectivity index (χ1n) is 14.9. The maximum absolute atomic E-state index is 12.9. The number of fused-ring (bicyclic) bond motifs is 1. The quantitative estimate of drug-likeness (QED) is 0.159. The van der Waals surface area contributed by atoms with Gasteiger partial charge in [0.1, 0.15) is 11.3 Å². The van der Waals surface area contributed by atoms with Crippen molar-refractivity contribution < 1.29 is 17.9 Å². The van der Waals surface area contributed by atoms with E-state index in [1.54, 1.807) is 25.1 Å². The molecule has 10 nitrogen and oxygen atoms in total. The molecule has 0 fully saturated rings.